The predicted molar refractivity (Wildman–Crippen MR) is 92.7 cm³/mol. The molecule has 0 amide bonds. The van der Waals surface area contributed by atoms with Crippen LogP contribution in [-0.4, -0.2) is 26.8 Å². The molecule has 0 aromatic heterocycles. The third-order valence-corrected chi connectivity index (χ3v) is 4.42. The van der Waals surface area contributed by atoms with E-state index < -0.39 is 0 Å². The van der Waals surface area contributed by atoms with Crippen LogP contribution in [0.4, 0.5) is 0 Å². The molecule has 1 aliphatic heterocycles. The summed E-state index contributed by atoms with van der Waals surface area (Å²) in [5.74, 6) is 1.63. The minimum atomic E-state index is -0.214. The molecule has 0 fully saturated rings. The number of allylic oxidation sites excluding steroid dienone is 4. The number of carbonyl (C=O) groups is 1. The van der Waals surface area contributed by atoms with Crippen molar-refractivity contribution in [2.45, 2.75) is 13.0 Å². The van der Waals surface area contributed by atoms with Crippen LogP contribution in [0.25, 0.3) is 0 Å². The number of hydrogen-bond donors (Lipinski definition) is 0. The largest absolute Gasteiger partial charge is 0.501 e. The Morgan fingerprint density at radius 2 is 2.04 bits per heavy atom. The molecule has 3 rings (SSSR count). The van der Waals surface area contributed by atoms with E-state index in [2.05, 4.69) is 6.08 Å². The van der Waals surface area contributed by atoms with Crippen molar-refractivity contribution in [1.82, 2.24) is 0 Å². The van der Waals surface area contributed by atoms with E-state index >= 15 is 0 Å². The molecule has 1 aromatic rings. The molecule has 0 N–H and O–H groups in total. The van der Waals surface area contributed by atoms with Gasteiger partial charge in [0.05, 0.1) is 33.5 Å². The Kier molecular flexibility index (Phi) is 5.43. The molecule has 5 nitrogen and oxygen atoms in total. The molecule has 1 heterocycles. The van der Waals surface area contributed by atoms with Gasteiger partial charge in [-0.3, -0.25) is 4.79 Å². The highest BCUT2D eigenvalue weighted by molar-refractivity contribution is 5.69. The summed E-state index contributed by atoms with van der Waals surface area (Å²) in [6.45, 7) is 0.994. The first-order chi connectivity index (χ1) is 12.2. The molecule has 0 saturated carbocycles. The summed E-state index contributed by atoms with van der Waals surface area (Å²) in [6.07, 6.45) is 8.10. The minimum absolute atomic E-state index is 0.0862. The summed E-state index contributed by atoms with van der Waals surface area (Å²) in [7, 11) is 3.05. The first kappa shape index (κ1) is 17.1. The Morgan fingerprint density at radius 3 is 2.76 bits per heavy atom. The quantitative estimate of drug-likeness (QED) is 0.742. The van der Waals surface area contributed by atoms with Gasteiger partial charge in [0.15, 0.2) is 0 Å². The number of hydrogen-bond acceptors (Lipinski definition) is 5. The number of ether oxygens (including phenoxy) is 4. The van der Waals surface area contributed by atoms with Crippen LogP contribution in [0.1, 0.15) is 12.0 Å². The molecule has 1 aromatic carbocycles. The van der Waals surface area contributed by atoms with Crippen molar-refractivity contribution in [2.24, 2.45) is 11.8 Å². The van der Waals surface area contributed by atoms with Gasteiger partial charge in [0.1, 0.15) is 18.1 Å². The second kappa shape index (κ2) is 7.92. The van der Waals surface area contributed by atoms with E-state index in [0.29, 0.717) is 19.6 Å². The van der Waals surface area contributed by atoms with E-state index in [0.717, 1.165) is 22.6 Å². The topological polar surface area (TPSA) is 54.0 Å². The molecule has 5 heteroatoms. The number of esters is 1. The Bertz CT molecular complexity index is 699. The first-order valence-corrected chi connectivity index (χ1v) is 8.23. The van der Waals surface area contributed by atoms with Crippen molar-refractivity contribution in [2.75, 3.05) is 20.8 Å². The zero-order valence-corrected chi connectivity index (χ0v) is 14.4. The number of carbonyl (C=O) groups excluding carboxylic acids is 1. The summed E-state index contributed by atoms with van der Waals surface area (Å²) in [6, 6.07) is 7.78. The second-order valence-electron chi connectivity index (χ2n) is 6.06. The van der Waals surface area contributed by atoms with Gasteiger partial charge >= 0.3 is 5.97 Å². The van der Waals surface area contributed by atoms with Crippen molar-refractivity contribution in [3.63, 3.8) is 0 Å². The summed E-state index contributed by atoms with van der Waals surface area (Å²) < 4.78 is 21.3. The molecule has 0 saturated heterocycles. The van der Waals surface area contributed by atoms with Gasteiger partial charge in [-0.15, -0.1) is 0 Å². The van der Waals surface area contributed by atoms with Crippen LogP contribution in [0.3, 0.4) is 0 Å². The van der Waals surface area contributed by atoms with E-state index in [4.69, 9.17) is 18.9 Å². The molecule has 2 aliphatic rings. The molecule has 0 radical (unpaired) electrons. The van der Waals surface area contributed by atoms with E-state index in [1.165, 1.54) is 7.11 Å². The molecule has 2 unspecified atom stereocenters. The van der Waals surface area contributed by atoms with Gasteiger partial charge in [-0.1, -0.05) is 18.2 Å². The van der Waals surface area contributed by atoms with Gasteiger partial charge in [0, 0.05) is 11.8 Å². The highest BCUT2D eigenvalue weighted by atomic mass is 16.5. The summed E-state index contributed by atoms with van der Waals surface area (Å²) in [5.41, 5.74) is 2.09. The molecule has 132 valence electrons. The average molecular weight is 342 g/mol. The summed E-state index contributed by atoms with van der Waals surface area (Å²) in [5, 5.41) is 0. The lowest BCUT2D eigenvalue weighted by atomic mass is 9.81. The van der Waals surface area contributed by atoms with Crippen molar-refractivity contribution in [3.8, 4) is 5.75 Å². The maximum atomic E-state index is 11.6. The highest BCUT2D eigenvalue weighted by Gasteiger charge is 2.30. The minimum Gasteiger partial charge on any atom is -0.501 e. The van der Waals surface area contributed by atoms with Crippen LogP contribution in [0, 0.1) is 11.8 Å². The monoisotopic (exact) mass is 342 g/mol. The fraction of sp³-hybridized carbons (Fsp3) is 0.350. The Morgan fingerprint density at radius 1 is 1.24 bits per heavy atom. The Hall–Kier alpha value is -2.69. The average Bonchev–Trinajstić information content (AvgIpc) is 2.66. The molecule has 1 aliphatic carbocycles. The van der Waals surface area contributed by atoms with E-state index in [1.807, 2.05) is 36.4 Å². The lowest BCUT2D eigenvalue weighted by Gasteiger charge is -2.30. The van der Waals surface area contributed by atoms with E-state index in [-0.39, 0.29) is 17.8 Å². The summed E-state index contributed by atoms with van der Waals surface area (Å²) >= 11 is 0. The fourth-order valence-electron chi connectivity index (χ4n) is 2.99. The van der Waals surface area contributed by atoms with Crippen molar-refractivity contribution >= 4 is 5.97 Å². The fourth-order valence-corrected chi connectivity index (χ4v) is 2.99. The highest BCUT2D eigenvalue weighted by Crippen LogP contribution is 2.34. The molecular formula is C20H22O5. The maximum Gasteiger partial charge on any atom is 0.305 e. The summed E-state index contributed by atoms with van der Waals surface area (Å²) in [4.78, 5) is 11.6. The lowest BCUT2D eigenvalue weighted by molar-refractivity contribution is -0.142. The zero-order valence-electron chi connectivity index (χ0n) is 14.4. The number of benzene rings is 1. The second-order valence-corrected chi connectivity index (χ2v) is 6.06. The van der Waals surface area contributed by atoms with Crippen LogP contribution in [0.15, 0.2) is 60.1 Å². The van der Waals surface area contributed by atoms with Crippen LogP contribution < -0.4 is 4.74 Å². The van der Waals surface area contributed by atoms with Gasteiger partial charge in [-0.2, -0.15) is 0 Å². The van der Waals surface area contributed by atoms with E-state index in [9.17, 15) is 4.79 Å². The van der Waals surface area contributed by atoms with Gasteiger partial charge in [-0.25, -0.2) is 0 Å². The van der Waals surface area contributed by atoms with Crippen LogP contribution >= 0.6 is 0 Å². The SMILES string of the molecule is COC(=O)CC1COC=C2C=C(OCc3ccc(OC)cc3)C=CC21. The third-order valence-electron chi connectivity index (χ3n) is 4.42. The Labute approximate surface area is 147 Å². The number of fused-ring (bicyclic) bond motifs is 1. The van der Waals surface area contributed by atoms with Gasteiger partial charge in [-0.05, 0) is 35.4 Å². The standard InChI is InChI=1S/C20H22O5/c1-22-17-5-3-14(4-6-17)11-25-18-7-8-19-15(9-18)12-24-13-16(19)10-20(21)23-2/h3-9,12,16,19H,10-11,13H2,1-2H3. The van der Waals surface area contributed by atoms with Crippen LogP contribution in [0.2, 0.25) is 0 Å². The van der Waals surface area contributed by atoms with Gasteiger partial charge < -0.3 is 18.9 Å². The third kappa shape index (κ3) is 4.24. The number of rotatable bonds is 6. The molecule has 0 spiro atoms. The lowest BCUT2D eigenvalue weighted by Crippen LogP contribution is -2.27. The van der Waals surface area contributed by atoms with Gasteiger partial charge in [0.2, 0.25) is 0 Å². The first-order valence-electron chi connectivity index (χ1n) is 8.23. The smallest absolute Gasteiger partial charge is 0.305 e. The molecular weight excluding hydrogens is 320 g/mol. The van der Waals surface area contributed by atoms with E-state index in [1.54, 1.807) is 13.4 Å². The van der Waals surface area contributed by atoms with Gasteiger partial charge in [0.25, 0.3) is 0 Å². The van der Waals surface area contributed by atoms with Crippen molar-refractivity contribution < 1.29 is 23.7 Å². The van der Waals surface area contributed by atoms with Crippen molar-refractivity contribution in [1.29, 1.82) is 0 Å². The van der Waals surface area contributed by atoms with Crippen LogP contribution in [-0.2, 0) is 25.6 Å². The normalized spacial score (nSPS) is 21.4. The van der Waals surface area contributed by atoms with Crippen LogP contribution in [0.5, 0.6) is 5.75 Å². The predicted octanol–water partition coefficient (Wildman–Crippen LogP) is 3.38. The maximum absolute atomic E-state index is 11.6. The molecule has 2 atom stereocenters. The van der Waals surface area contributed by atoms with Crippen molar-refractivity contribution in [3.05, 3.63) is 65.7 Å². The number of methoxy groups -OCH3 is 2. The molecule has 25 heavy (non-hydrogen) atoms. The zero-order chi connectivity index (χ0) is 17.6. The molecule has 0 bridgehead atoms. The Balaban J connectivity index is 1.61.